The Labute approximate surface area is 255 Å². The fraction of sp³-hybridized carbons (Fsp3) is 0.312. The first kappa shape index (κ1) is 31.4. The Hall–Kier alpha value is -4.57. The van der Waals surface area contributed by atoms with Crippen LogP contribution >= 0.6 is 11.6 Å². The normalized spacial score (nSPS) is 18.9. The highest BCUT2D eigenvalue weighted by Gasteiger charge is 2.34. The van der Waals surface area contributed by atoms with Crippen LogP contribution in [0, 0.1) is 0 Å². The maximum Gasteiger partial charge on any atom is 0.255 e. The number of hydrogen-bond donors (Lipinski definition) is 4. The Balaban J connectivity index is 1.51. The predicted octanol–water partition coefficient (Wildman–Crippen LogP) is 3.04. The number of hydrogen-bond acceptors (Lipinski definition) is 6. The second-order valence-electron chi connectivity index (χ2n) is 10.7. The van der Waals surface area contributed by atoms with Gasteiger partial charge in [0.05, 0.1) is 24.6 Å². The Bertz CT molecular complexity index is 1430. The molecule has 3 aromatic carbocycles. The number of amides is 4. The average molecular weight is 607 g/mol. The number of nitrogens with one attached hydrogen (secondary N) is 4. The Morgan fingerprint density at radius 1 is 0.977 bits per heavy atom. The number of para-hydroxylation sites is 1. The van der Waals surface area contributed by atoms with Crippen LogP contribution in [0.1, 0.15) is 36.2 Å². The van der Waals surface area contributed by atoms with Crippen LogP contribution in [0.5, 0.6) is 11.5 Å². The molecule has 1 heterocycles. The first-order chi connectivity index (χ1) is 20.6. The highest BCUT2D eigenvalue weighted by molar-refractivity contribution is 6.30. The van der Waals surface area contributed by atoms with Crippen molar-refractivity contribution in [2.45, 2.75) is 44.3 Å². The minimum absolute atomic E-state index is 0.0620. The van der Waals surface area contributed by atoms with Gasteiger partial charge in [-0.15, -0.1) is 0 Å². The number of halogens is 1. The molecule has 0 bridgehead atoms. The van der Waals surface area contributed by atoms with Gasteiger partial charge in [-0.2, -0.15) is 0 Å². The van der Waals surface area contributed by atoms with E-state index < -0.39 is 47.7 Å². The molecule has 0 saturated carbocycles. The highest BCUT2D eigenvalue weighted by atomic mass is 35.5. The van der Waals surface area contributed by atoms with Crippen molar-refractivity contribution in [3.8, 4) is 11.5 Å². The molecule has 3 aromatic rings. The predicted molar refractivity (Wildman–Crippen MR) is 162 cm³/mol. The van der Waals surface area contributed by atoms with Crippen molar-refractivity contribution < 1.29 is 28.7 Å². The lowest BCUT2D eigenvalue weighted by Crippen LogP contribution is -2.59. The first-order valence-corrected chi connectivity index (χ1v) is 14.3. The Morgan fingerprint density at radius 2 is 1.67 bits per heavy atom. The number of carbonyl (C=O) groups excluding carboxylic acids is 4. The van der Waals surface area contributed by atoms with E-state index in [1.54, 1.807) is 62.4 Å². The standard InChI is InChI=1S/C32H35ClN4O6/c1-32(2)31(41)35-23(18-21-8-4-3-5-9-21)20-43-27-11-7-6-10-25(27)29(39)36-26(19-28(38)37-32)30(40)34-16-17-42-24-14-12-22(33)13-15-24/h3-15,23,26H,16-20H2,1-2H3,(H,34,40)(H,35,41)(H,36,39)(H,37,38)/t23-,26+/m1/s1. The zero-order valence-electron chi connectivity index (χ0n) is 24.0. The SMILES string of the molecule is CC1(C)NC(=O)C[C@@H](C(=O)NCCOc2ccc(Cl)cc2)NC(=O)c2ccccc2OC[C@@H](Cc2ccccc2)NC1=O. The molecule has 2 atom stereocenters. The molecule has 4 N–H and O–H groups in total. The van der Waals surface area contributed by atoms with E-state index in [4.69, 9.17) is 21.1 Å². The minimum atomic E-state index is -1.31. The lowest BCUT2D eigenvalue weighted by Gasteiger charge is -2.30. The van der Waals surface area contributed by atoms with Crippen LogP contribution in [-0.2, 0) is 20.8 Å². The van der Waals surface area contributed by atoms with E-state index in [1.165, 1.54) is 0 Å². The summed E-state index contributed by atoms with van der Waals surface area (Å²) in [4.78, 5) is 53.0. The quantitative estimate of drug-likeness (QED) is 0.306. The summed E-state index contributed by atoms with van der Waals surface area (Å²) in [6.07, 6.45) is 0.0672. The van der Waals surface area contributed by atoms with Gasteiger partial charge in [0, 0.05) is 5.02 Å². The summed E-state index contributed by atoms with van der Waals surface area (Å²) < 4.78 is 11.7. The first-order valence-electron chi connectivity index (χ1n) is 14.0. The van der Waals surface area contributed by atoms with E-state index in [0.717, 1.165) is 5.56 Å². The van der Waals surface area contributed by atoms with Crippen molar-refractivity contribution in [2.24, 2.45) is 0 Å². The topological polar surface area (TPSA) is 135 Å². The van der Waals surface area contributed by atoms with E-state index in [-0.39, 0.29) is 31.1 Å². The molecule has 0 fully saturated rings. The van der Waals surface area contributed by atoms with Gasteiger partial charge in [-0.25, -0.2) is 0 Å². The molecule has 10 nitrogen and oxygen atoms in total. The fourth-order valence-electron chi connectivity index (χ4n) is 4.47. The van der Waals surface area contributed by atoms with Gasteiger partial charge in [-0.3, -0.25) is 19.2 Å². The summed E-state index contributed by atoms with van der Waals surface area (Å²) in [7, 11) is 0. The molecule has 11 heteroatoms. The van der Waals surface area contributed by atoms with Crippen molar-refractivity contribution in [1.29, 1.82) is 0 Å². The zero-order valence-corrected chi connectivity index (χ0v) is 24.8. The van der Waals surface area contributed by atoms with Crippen LogP contribution in [0.4, 0.5) is 0 Å². The summed E-state index contributed by atoms with van der Waals surface area (Å²) in [6, 6.07) is 21.3. The van der Waals surface area contributed by atoms with Crippen LogP contribution in [0.15, 0.2) is 78.9 Å². The third-order valence-corrected chi connectivity index (χ3v) is 7.00. The van der Waals surface area contributed by atoms with Crippen molar-refractivity contribution >= 4 is 35.2 Å². The van der Waals surface area contributed by atoms with Crippen LogP contribution in [-0.4, -0.2) is 61.0 Å². The number of rotatable bonds is 7. The third kappa shape index (κ3) is 9.21. The van der Waals surface area contributed by atoms with Gasteiger partial charge >= 0.3 is 0 Å². The molecule has 226 valence electrons. The minimum Gasteiger partial charge on any atom is -0.492 e. The molecule has 0 unspecified atom stereocenters. The molecular weight excluding hydrogens is 572 g/mol. The molecule has 0 saturated heterocycles. The van der Waals surface area contributed by atoms with Crippen molar-refractivity contribution in [3.05, 3.63) is 95.0 Å². The van der Waals surface area contributed by atoms with Crippen molar-refractivity contribution in [3.63, 3.8) is 0 Å². The molecule has 4 amide bonds. The Morgan fingerprint density at radius 3 is 2.42 bits per heavy atom. The molecule has 0 aliphatic carbocycles. The van der Waals surface area contributed by atoms with Crippen LogP contribution in [0.25, 0.3) is 0 Å². The summed E-state index contributed by atoms with van der Waals surface area (Å²) >= 11 is 5.89. The molecule has 43 heavy (non-hydrogen) atoms. The van der Waals surface area contributed by atoms with Gasteiger partial charge in [0.2, 0.25) is 17.7 Å². The van der Waals surface area contributed by atoms with E-state index >= 15 is 0 Å². The van der Waals surface area contributed by atoms with Crippen molar-refractivity contribution in [1.82, 2.24) is 21.3 Å². The second-order valence-corrected chi connectivity index (χ2v) is 11.1. The highest BCUT2D eigenvalue weighted by Crippen LogP contribution is 2.20. The van der Waals surface area contributed by atoms with Gasteiger partial charge in [0.15, 0.2) is 0 Å². The zero-order chi connectivity index (χ0) is 30.8. The molecule has 0 aromatic heterocycles. The Kier molecular flexibility index (Phi) is 10.6. The smallest absolute Gasteiger partial charge is 0.255 e. The monoisotopic (exact) mass is 606 g/mol. The molecule has 4 rings (SSSR count). The van der Waals surface area contributed by atoms with E-state index in [9.17, 15) is 19.2 Å². The molecular formula is C32H35ClN4O6. The fourth-order valence-corrected chi connectivity index (χ4v) is 4.60. The lowest BCUT2D eigenvalue weighted by atomic mass is 10.0. The molecule has 0 radical (unpaired) electrons. The maximum atomic E-state index is 13.4. The summed E-state index contributed by atoms with van der Waals surface area (Å²) in [5.74, 6) is -1.31. The van der Waals surface area contributed by atoms with Crippen LogP contribution in [0.2, 0.25) is 5.02 Å². The molecule has 0 spiro atoms. The van der Waals surface area contributed by atoms with E-state index in [1.807, 2.05) is 30.3 Å². The van der Waals surface area contributed by atoms with E-state index in [2.05, 4.69) is 21.3 Å². The number of carbonyl (C=O) groups is 4. The number of ether oxygens (including phenoxy) is 2. The molecule has 1 aliphatic rings. The van der Waals surface area contributed by atoms with Gasteiger partial charge in [-0.05, 0) is 62.2 Å². The summed E-state index contributed by atoms with van der Waals surface area (Å²) in [5.41, 5.74) is -0.141. The summed E-state index contributed by atoms with van der Waals surface area (Å²) in [5, 5.41) is 11.6. The van der Waals surface area contributed by atoms with Crippen molar-refractivity contribution in [2.75, 3.05) is 19.8 Å². The van der Waals surface area contributed by atoms with Gasteiger partial charge in [0.25, 0.3) is 5.91 Å². The van der Waals surface area contributed by atoms with E-state index in [0.29, 0.717) is 17.2 Å². The largest absolute Gasteiger partial charge is 0.492 e. The third-order valence-electron chi connectivity index (χ3n) is 6.75. The lowest BCUT2D eigenvalue weighted by molar-refractivity contribution is -0.134. The number of benzene rings is 3. The van der Waals surface area contributed by atoms with Gasteiger partial charge in [-0.1, -0.05) is 54.1 Å². The van der Waals surface area contributed by atoms with Gasteiger partial charge in [0.1, 0.15) is 36.3 Å². The van der Waals surface area contributed by atoms with Gasteiger partial charge < -0.3 is 30.7 Å². The molecule has 1 aliphatic heterocycles. The second kappa shape index (κ2) is 14.6. The summed E-state index contributed by atoms with van der Waals surface area (Å²) in [6.45, 7) is 3.47. The number of fused-ring (bicyclic) bond motifs is 1. The van der Waals surface area contributed by atoms with Crippen LogP contribution in [0.3, 0.4) is 0 Å². The average Bonchev–Trinajstić information content (AvgIpc) is 2.98. The maximum absolute atomic E-state index is 13.4. The van der Waals surface area contributed by atoms with Crippen LogP contribution < -0.4 is 30.7 Å².